The van der Waals surface area contributed by atoms with Gasteiger partial charge in [0.1, 0.15) is 0 Å². The molecule has 1 fully saturated rings. The summed E-state index contributed by atoms with van der Waals surface area (Å²) in [6.45, 7) is 3.10. The zero-order chi connectivity index (χ0) is 11.8. The van der Waals surface area contributed by atoms with Crippen molar-refractivity contribution in [3.63, 3.8) is 0 Å². The Labute approximate surface area is 102 Å². The number of likely N-dealkylation sites (N-methyl/N-ethyl adjacent to an activating group) is 1. The fourth-order valence-corrected chi connectivity index (χ4v) is 2.90. The van der Waals surface area contributed by atoms with Crippen LogP contribution in [0, 0.1) is 0 Å². The standard InChI is InChI=1S/C14H30N2/c1-3-4-5-6-11-14(12-15)16(2)13-9-7-8-10-13/h13-14H,3-12,15H2,1-2H3. The number of hydrogen-bond acceptors (Lipinski definition) is 2. The molecule has 2 N–H and O–H groups in total. The number of rotatable bonds is 8. The Hall–Kier alpha value is -0.0800. The Morgan fingerprint density at radius 3 is 2.44 bits per heavy atom. The molecule has 1 unspecified atom stereocenters. The first kappa shape index (κ1) is 14.0. The summed E-state index contributed by atoms with van der Waals surface area (Å²) in [4.78, 5) is 2.57. The lowest BCUT2D eigenvalue weighted by molar-refractivity contribution is 0.167. The highest BCUT2D eigenvalue weighted by Gasteiger charge is 2.24. The molecule has 1 aliphatic carbocycles. The average molecular weight is 226 g/mol. The van der Waals surface area contributed by atoms with Gasteiger partial charge in [0.2, 0.25) is 0 Å². The van der Waals surface area contributed by atoms with E-state index in [0.29, 0.717) is 6.04 Å². The van der Waals surface area contributed by atoms with Gasteiger partial charge in [-0.2, -0.15) is 0 Å². The molecule has 0 bridgehead atoms. The lowest BCUT2D eigenvalue weighted by atomic mass is 10.0. The summed E-state index contributed by atoms with van der Waals surface area (Å²) in [5, 5.41) is 0. The monoisotopic (exact) mass is 226 g/mol. The van der Waals surface area contributed by atoms with Crippen LogP contribution in [-0.4, -0.2) is 30.6 Å². The Morgan fingerprint density at radius 1 is 1.19 bits per heavy atom. The van der Waals surface area contributed by atoms with E-state index in [1.807, 2.05) is 0 Å². The van der Waals surface area contributed by atoms with Gasteiger partial charge >= 0.3 is 0 Å². The summed E-state index contributed by atoms with van der Waals surface area (Å²) in [6, 6.07) is 1.44. The van der Waals surface area contributed by atoms with Gasteiger partial charge in [-0.05, 0) is 26.3 Å². The first-order valence-electron chi connectivity index (χ1n) is 7.21. The first-order chi connectivity index (χ1) is 7.79. The number of unbranched alkanes of at least 4 members (excludes halogenated alkanes) is 3. The quantitative estimate of drug-likeness (QED) is 0.644. The lowest BCUT2D eigenvalue weighted by Crippen LogP contribution is -2.43. The SMILES string of the molecule is CCCCCCC(CN)N(C)C1CCCC1. The molecule has 0 aliphatic heterocycles. The minimum absolute atomic E-state index is 0.625. The minimum atomic E-state index is 0.625. The van der Waals surface area contributed by atoms with Crippen molar-refractivity contribution in [2.75, 3.05) is 13.6 Å². The maximum Gasteiger partial charge on any atom is 0.0218 e. The highest BCUT2D eigenvalue weighted by molar-refractivity contribution is 4.81. The van der Waals surface area contributed by atoms with Gasteiger partial charge in [-0.3, -0.25) is 4.90 Å². The fraction of sp³-hybridized carbons (Fsp3) is 1.00. The lowest BCUT2D eigenvalue weighted by Gasteiger charge is -2.32. The third-order valence-corrected chi connectivity index (χ3v) is 4.14. The zero-order valence-corrected chi connectivity index (χ0v) is 11.3. The van der Waals surface area contributed by atoms with Crippen LogP contribution in [-0.2, 0) is 0 Å². The van der Waals surface area contributed by atoms with E-state index in [1.165, 1.54) is 57.8 Å². The number of hydrogen-bond donors (Lipinski definition) is 1. The Kier molecular flexibility index (Phi) is 7.06. The summed E-state index contributed by atoms with van der Waals surface area (Å²) in [5.41, 5.74) is 5.91. The maximum absolute atomic E-state index is 5.91. The molecule has 96 valence electrons. The van der Waals surface area contributed by atoms with E-state index in [0.717, 1.165) is 12.6 Å². The van der Waals surface area contributed by atoms with Gasteiger partial charge < -0.3 is 5.73 Å². The van der Waals surface area contributed by atoms with Crippen LogP contribution in [0.3, 0.4) is 0 Å². The van der Waals surface area contributed by atoms with Crippen LogP contribution in [0.25, 0.3) is 0 Å². The summed E-state index contributed by atoms with van der Waals surface area (Å²) in [5.74, 6) is 0. The molecule has 1 atom stereocenters. The molecule has 0 heterocycles. The summed E-state index contributed by atoms with van der Waals surface area (Å²) < 4.78 is 0. The van der Waals surface area contributed by atoms with Gasteiger partial charge in [-0.1, -0.05) is 45.4 Å². The summed E-state index contributed by atoms with van der Waals surface area (Å²) in [6.07, 6.45) is 12.4. The van der Waals surface area contributed by atoms with Crippen molar-refractivity contribution in [1.29, 1.82) is 0 Å². The molecule has 0 radical (unpaired) electrons. The van der Waals surface area contributed by atoms with Gasteiger partial charge in [0.15, 0.2) is 0 Å². The van der Waals surface area contributed by atoms with Crippen molar-refractivity contribution in [1.82, 2.24) is 4.90 Å². The molecule has 16 heavy (non-hydrogen) atoms. The Balaban J connectivity index is 2.22. The smallest absolute Gasteiger partial charge is 0.0218 e. The molecule has 2 nitrogen and oxygen atoms in total. The molecule has 1 rings (SSSR count). The Morgan fingerprint density at radius 2 is 1.88 bits per heavy atom. The topological polar surface area (TPSA) is 29.3 Å². The minimum Gasteiger partial charge on any atom is -0.329 e. The predicted molar refractivity (Wildman–Crippen MR) is 71.6 cm³/mol. The van der Waals surface area contributed by atoms with Gasteiger partial charge in [-0.15, -0.1) is 0 Å². The second kappa shape index (κ2) is 8.08. The van der Waals surface area contributed by atoms with E-state index in [-0.39, 0.29) is 0 Å². The molecular formula is C14H30N2. The van der Waals surface area contributed by atoms with Crippen molar-refractivity contribution >= 4 is 0 Å². The molecular weight excluding hydrogens is 196 g/mol. The van der Waals surface area contributed by atoms with E-state index in [9.17, 15) is 0 Å². The maximum atomic E-state index is 5.91. The molecule has 1 saturated carbocycles. The van der Waals surface area contributed by atoms with Crippen LogP contribution in [0.15, 0.2) is 0 Å². The fourth-order valence-electron chi connectivity index (χ4n) is 2.90. The Bertz CT molecular complexity index is 164. The number of nitrogens with two attached hydrogens (primary N) is 1. The second-order valence-electron chi connectivity index (χ2n) is 5.34. The van der Waals surface area contributed by atoms with Crippen molar-refractivity contribution in [3.05, 3.63) is 0 Å². The molecule has 0 spiro atoms. The predicted octanol–water partition coefficient (Wildman–Crippen LogP) is 3.16. The molecule has 0 aromatic rings. The normalized spacial score (nSPS) is 19.5. The van der Waals surface area contributed by atoms with Crippen molar-refractivity contribution in [3.8, 4) is 0 Å². The largest absolute Gasteiger partial charge is 0.329 e. The van der Waals surface area contributed by atoms with Crippen LogP contribution >= 0.6 is 0 Å². The van der Waals surface area contributed by atoms with Crippen molar-refractivity contribution in [2.24, 2.45) is 5.73 Å². The van der Waals surface area contributed by atoms with Gasteiger partial charge in [0.25, 0.3) is 0 Å². The van der Waals surface area contributed by atoms with E-state index in [2.05, 4.69) is 18.9 Å². The molecule has 0 aromatic carbocycles. The second-order valence-corrected chi connectivity index (χ2v) is 5.34. The molecule has 2 heteroatoms. The van der Waals surface area contributed by atoms with Crippen LogP contribution < -0.4 is 5.73 Å². The van der Waals surface area contributed by atoms with Crippen molar-refractivity contribution < 1.29 is 0 Å². The highest BCUT2D eigenvalue weighted by atomic mass is 15.2. The van der Waals surface area contributed by atoms with E-state index in [4.69, 9.17) is 5.73 Å². The molecule has 1 aliphatic rings. The first-order valence-corrected chi connectivity index (χ1v) is 7.21. The van der Waals surface area contributed by atoms with Gasteiger partial charge in [0.05, 0.1) is 0 Å². The van der Waals surface area contributed by atoms with Crippen LogP contribution in [0.5, 0.6) is 0 Å². The third kappa shape index (κ3) is 4.42. The summed E-state index contributed by atoms with van der Waals surface area (Å²) in [7, 11) is 2.29. The number of nitrogens with zero attached hydrogens (tertiary/aromatic N) is 1. The van der Waals surface area contributed by atoms with E-state index >= 15 is 0 Å². The molecule has 0 aromatic heterocycles. The summed E-state index contributed by atoms with van der Waals surface area (Å²) >= 11 is 0. The van der Waals surface area contributed by atoms with Crippen molar-refractivity contribution in [2.45, 2.75) is 76.8 Å². The molecule has 0 amide bonds. The van der Waals surface area contributed by atoms with Crippen LogP contribution in [0.2, 0.25) is 0 Å². The van der Waals surface area contributed by atoms with Crippen LogP contribution in [0.1, 0.15) is 64.7 Å². The van der Waals surface area contributed by atoms with E-state index < -0.39 is 0 Å². The average Bonchev–Trinajstić information content (AvgIpc) is 2.82. The highest BCUT2D eigenvalue weighted by Crippen LogP contribution is 2.25. The van der Waals surface area contributed by atoms with Gasteiger partial charge in [-0.25, -0.2) is 0 Å². The van der Waals surface area contributed by atoms with E-state index in [1.54, 1.807) is 0 Å². The van der Waals surface area contributed by atoms with Crippen LogP contribution in [0.4, 0.5) is 0 Å². The third-order valence-electron chi connectivity index (χ3n) is 4.14. The zero-order valence-electron chi connectivity index (χ0n) is 11.3. The molecule has 0 saturated heterocycles. The van der Waals surface area contributed by atoms with Gasteiger partial charge in [0, 0.05) is 18.6 Å².